The summed E-state index contributed by atoms with van der Waals surface area (Å²) in [4.78, 5) is 4.65. The highest BCUT2D eigenvalue weighted by Gasteiger charge is 2.22. The molecule has 0 radical (unpaired) electrons. The fourth-order valence-electron chi connectivity index (χ4n) is 2.56. The first-order valence-electron chi connectivity index (χ1n) is 6.94. The van der Waals surface area contributed by atoms with E-state index in [0.29, 0.717) is 11.4 Å². The number of nitrogens with zero attached hydrogens (tertiary/aromatic N) is 4. The molecule has 0 amide bonds. The lowest BCUT2D eigenvalue weighted by atomic mass is 10.2. The van der Waals surface area contributed by atoms with Gasteiger partial charge < -0.3 is 10.6 Å². The van der Waals surface area contributed by atoms with Crippen molar-refractivity contribution in [2.75, 3.05) is 36.8 Å². The summed E-state index contributed by atoms with van der Waals surface area (Å²) < 4.78 is 4.09. The average molecular weight is 299 g/mol. The molecule has 0 aliphatic carbocycles. The molecule has 108 valence electrons. The van der Waals surface area contributed by atoms with Gasteiger partial charge in [-0.1, -0.05) is 30.3 Å². The Bertz CT molecular complexity index is 638. The van der Waals surface area contributed by atoms with Gasteiger partial charge in [0.05, 0.1) is 0 Å². The molecule has 0 bridgehead atoms. The Morgan fingerprint density at radius 3 is 2.57 bits per heavy atom. The summed E-state index contributed by atoms with van der Waals surface area (Å²) >= 11 is 1.32. The van der Waals surface area contributed by atoms with E-state index in [1.165, 1.54) is 17.1 Å². The predicted molar refractivity (Wildman–Crippen MR) is 85.2 cm³/mol. The van der Waals surface area contributed by atoms with E-state index in [-0.39, 0.29) is 0 Å². The summed E-state index contributed by atoms with van der Waals surface area (Å²) in [7, 11) is 0. The van der Waals surface area contributed by atoms with Crippen molar-refractivity contribution in [3.05, 3.63) is 41.5 Å². The van der Waals surface area contributed by atoms with Crippen molar-refractivity contribution in [2.45, 2.75) is 6.54 Å². The van der Waals surface area contributed by atoms with Crippen LogP contribution < -0.4 is 10.6 Å². The lowest BCUT2D eigenvalue weighted by molar-refractivity contribution is 0.250. The molecular formula is C15H17N5S. The van der Waals surface area contributed by atoms with Gasteiger partial charge in [-0.2, -0.15) is 9.64 Å². The molecule has 6 heteroatoms. The molecule has 1 aliphatic rings. The highest BCUT2D eigenvalue weighted by Crippen LogP contribution is 2.30. The number of hydrogen-bond donors (Lipinski definition) is 1. The summed E-state index contributed by atoms with van der Waals surface area (Å²) in [5.41, 5.74) is 7.59. The molecule has 0 spiro atoms. The van der Waals surface area contributed by atoms with Crippen molar-refractivity contribution in [2.24, 2.45) is 0 Å². The van der Waals surface area contributed by atoms with Crippen LogP contribution in [0, 0.1) is 11.3 Å². The first-order chi connectivity index (χ1) is 10.3. The van der Waals surface area contributed by atoms with Gasteiger partial charge >= 0.3 is 0 Å². The molecule has 1 saturated heterocycles. The van der Waals surface area contributed by atoms with Crippen LogP contribution in [0.15, 0.2) is 30.3 Å². The van der Waals surface area contributed by atoms with Crippen LogP contribution in [-0.4, -0.2) is 35.5 Å². The van der Waals surface area contributed by atoms with E-state index in [2.05, 4.69) is 44.5 Å². The predicted octanol–water partition coefficient (Wildman–Crippen LogP) is 1.92. The third kappa shape index (κ3) is 2.99. The van der Waals surface area contributed by atoms with E-state index in [1.807, 2.05) is 6.07 Å². The molecular weight excluding hydrogens is 282 g/mol. The minimum absolute atomic E-state index is 0.351. The summed E-state index contributed by atoms with van der Waals surface area (Å²) in [6.45, 7) is 4.76. The zero-order valence-electron chi connectivity index (χ0n) is 11.7. The largest absolute Gasteiger partial charge is 0.382 e. The second kappa shape index (κ2) is 6.12. The second-order valence-electron chi connectivity index (χ2n) is 5.11. The van der Waals surface area contributed by atoms with Gasteiger partial charge in [0, 0.05) is 32.7 Å². The van der Waals surface area contributed by atoms with Gasteiger partial charge in [-0.3, -0.25) is 4.90 Å². The number of nitriles is 1. The summed E-state index contributed by atoms with van der Waals surface area (Å²) in [6.07, 6.45) is 0. The van der Waals surface area contributed by atoms with Crippen molar-refractivity contribution in [1.82, 2.24) is 9.27 Å². The van der Waals surface area contributed by atoms with Crippen LogP contribution in [-0.2, 0) is 6.54 Å². The normalized spacial score (nSPS) is 15.9. The number of anilines is 2. The summed E-state index contributed by atoms with van der Waals surface area (Å²) in [5, 5.41) is 10.1. The fraction of sp³-hybridized carbons (Fsp3) is 0.333. The number of nitrogen functional groups attached to an aromatic ring is 1. The quantitative estimate of drug-likeness (QED) is 0.937. The van der Waals surface area contributed by atoms with Crippen LogP contribution in [0.25, 0.3) is 0 Å². The Morgan fingerprint density at radius 1 is 1.19 bits per heavy atom. The maximum Gasteiger partial charge on any atom is 0.157 e. The Balaban J connectivity index is 1.62. The smallest absolute Gasteiger partial charge is 0.157 e. The molecule has 1 aliphatic heterocycles. The number of aromatic nitrogens is 1. The van der Waals surface area contributed by atoms with E-state index in [0.717, 1.165) is 37.7 Å². The molecule has 1 aromatic carbocycles. The minimum Gasteiger partial charge on any atom is -0.382 e. The Morgan fingerprint density at radius 2 is 1.90 bits per heavy atom. The first-order valence-corrected chi connectivity index (χ1v) is 7.71. The lowest BCUT2D eigenvalue weighted by Crippen LogP contribution is -2.45. The monoisotopic (exact) mass is 299 g/mol. The van der Waals surface area contributed by atoms with Gasteiger partial charge in [0.15, 0.2) is 5.82 Å². The van der Waals surface area contributed by atoms with Crippen LogP contribution in [0.4, 0.5) is 10.8 Å². The molecule has 3 rings (SSSR count). The number of nitrogens with two attached hydrogens (primary N) is 1. The van der Waals surface area contributed by atoms with Gasteiger partial charge in [-0.25, -0.2) is 0 Å². The molecule has 2 N–H and O–H groups in total. The zero-order chi connectivity index (χ0) is 14.7. The van der Waals surface area contributed by atoms with Crippen molar-refractivity contribution < 1.29 is 0 Å². The van der Waals surface area contributed by atoms with Crippen LogP contribution in [0.1, 0.15) is 11.1 Å². The van der Waals surface area contributed by atoms with Crippen LogP contribution in [0.2, 0.25) is 0 Å². The highest BCUT2D eigenvalue weighted by atomic mass is 32.1. The summed E-state index contributed by atoms with van der Waals surface area (Å²) in [6, 6.07) is 12.7. The number of piperazine rings is 1. The Hall–Kier alpha value is -2.10. The van der Waals surface area contributed by atoms with Crippen molar-refractivity contribution in [1.29, 1.82) is 5.26 Å². The molecule has 5 nitrogen and oxygen atoms in total. The lowest BCUT2D eigenvalue weighted by Gasteiger charge is -2.35. The minimum atomic E-state index is 0.351. The van der Waals surface area contributed by atoms with E-state index < -0.39 is 0 Å². The third-order valence-corrected chi connectivity index (χ3v) is 4.64. The number of hydrogen-bond acceptors (Lipinski definition) is 6. The standard InChI is InChI=1S/C15H17N5S/c16-10-13-14(17)18-21-15(13)20-8-6-19(7-9-20)11-12-4-2-1-3-5-12/h1-5H,6-9,11H2,(H2,17,18). The highest BCUT2D eigenvalue weighted by molar-refractivity contribution is 7.10. The molecule has 2 heterocycles. The van der Waals surface area contributed by atoms with E-state index in [9.17, 15) is 0 Å². The first kappa shape index (κ1) is 13.9. The van der Waals surface area contributed by atoms with Gasteiger partial charge in [0.25, 0.3) is 0 Å². The van der Waals surface area contributed by atoms with Crippen LogP contribution >= 0.6 is 11.5 Å². The van der Waals surface area contributed by atoms with Crippen molar-refractivity contribution in [3.63, 3.8) is 0 Å². The zero-order valence-corrected chi connectivity index (χ0v) is 12.5. The maximum absolute atomic E-state index is 9.17. The summed E-state index contributed by atoms with van der Waals surface area (Å²) in [5.74, 6) is 0.351. The molecule has 0 saturated carbocycles. The van der Waals surface area contributed by atoms with Gasteiger partial charge in [0.2, 0.25) is 0 Å². The molecule has 0 unspecified atom stereocenters. The van der Waals surface area contributed by atoms with Crippen LogP contribution in [0.3, 0.4) is 0 Å². The third-order valence-electron chi connectivity index (χ3n) is 3.72. The van der Waals surface area contributed by atoms with Crippen molar-refractivity contribution >= 4 is 22.4 Å². The Labute approximate surface area is 128 Å². The van der Waals surface area contributed by atoms with Gasteiger partial charge in [0.1, 0.15) is 16.6 Å². The number of benzene rings is 1. The van der Waals surface area contributed by atoms with Gasteiger partial charge in [-0.15, -0.1) is 0 Å². The van der Waals surface area contributed by atoms with E-state index in [4.69, 9.17) is 11.0 Å². The molecule has 1 fully saturated rings. The molecule has 1 aromatic heterocycles. The molecule has 21 heavy (non-hydrogen) atoms. The molecule has 2 aromatic rings. The van der Waals surface area contributed by atoms with E-state index >= 15 is 0 Å². The maximum atomic E-state index is 9.17. The van der Waals surface area contributed by atoms with E-state index in [1.54, 1.807) is 0 Å². The molecule has 0 atom stereocenters. The van der Waals surface area contributed by atoms with Gasteiger partial charge in [-0.05, 0) is 17.1 Å². The van der Waals surface area contributed by atoms with Crippen LogP contribution in [0.5, 0.6) is 0 Å². The van der Waals surface area contributed by atoms with Crippen molar-refractivity contribution in [3.8, 4) is 6.07 Å². The Kier molecular flexibility index (Phi) is 4.04. The topological polar surface area (TPSA) is 69.2 Å². The average Bonchev–Trinajstić information content (AvgIpc) is 2.90. The fourth-order valence-corrected chi connectivity index (χ4v) is 3.38. The number of rotatable bonds is 3. The second-order valence-corrected chi connectivity index (χ2v) is 5.86. The SMILES string of the molecule is N#Cc1c(N)nsc1N1CCN(Cc2ccccc2)CC1.